The van der Waals surface area contributed by atoms with E-state index >= 15 is 0 Å². The Balaban J connectivity index is 1.87. The fourth-order valence-electron chi connectivity index (χ4n) is 2.56. The van der Waals surface area contributed by atoms with Gasteiger partial charge in [-0.25, -0.2) is 4.79 Å². The number of ether oxygens (including phenoxy) is 2. The van der Waals surface area contributed by atoms with Crippen LogP contribution in [0.25, 0.3) is 0 Å². The lowest BCUT2D eigenvalue weighted by Gasteiger charge is -2.09. The number of esters is 2. The molecule has 0 bridgehead atoms. The van der Waals surface area contributed by atoms with Gasteiger partial charge in [-0.15, -0.1) is 0 Å². The van der Waals surface area contributed by atoms with Gasteiger partial charge < -0.3 is 14.8 Å². The van der Waals surface area contributed by atoms with Crippen molar-refractivity contribution >= 4 is 23.6 Å². The Morgan fingerprint density at radius 3 is 2.21 bits per heavy atom. The maximum atomic E-state index is 12.7. The number of rotatable bonds is 10. The lowest BCUT2D eigenvalue weighted by atomic mass is 9.98. The van der Waals surface area contributed by atoms with Crippen LogP contribution in [0.15, 0.2) is 54.6 Å². The van der Waals surface area contributed by atoms with Gasteiger partial charge in [0, 0.05) is 24.1 Å². The number of hydrogen-bond acceptors (Lipinski definition) is 6. The van der Waals surface area contributed by atoms with Crippen LogP contribution in [0.3, 0.4) is 0 Å². The van der Waals surface area contributed by atoms with Crippen LogP contribution in [0.2, 0.25) is 0 Å². The fraction of sp³-hybridized carbons (Fsp3) is 0.273. The standard InChI is InChI=1S/C22H23NO6/c1-2-28-20(25)13-8-14-23-19(24)15-29-22(27)18-12-7-6-11-17(18)21(26)16-9-4-3-5-10-16/h3-7,9-12H,2,8,13-15H2,1H3,(H,23,24). The molecule has 7 heteroatoms. The van der Waals surface area contributed by atoms with E-state index in [1.54, 1.807) is 55.5 Å². The summed E-state index contributed by atoms with van der Waals surface area (Å²) in [6, 6.07) is 14.9. The lowest BCUT2D eigenvalue weighted by Crippen LogP contribution is -2.30. The summed E-state index contributed by atoms with van der Waals surface area (Å²) in [6.07, 6.45) is 0.621. The Kier molecular flexibility index (Phi) is 8.56. The molecule has 0 saturated carbocycles. The van der Waals surface area contributed by atoms with E-state index in [2.05, 4.69) is 5.32 Å². The summed E-state index contributed by atoms with van der Waals surface area (Å²) < 4.78 is 9.83. The van der Waals surface area contributed by atoms with Gasteiger partial charge >= 0.3 is 11.9 Å². The third-order valence-electron chi connectivity index (χ3n) is 3.95. The summed E-state index contributed by atoms with van der Waals surface area (Å²) in [5.41, 5.74) is 0.752. The second kappa shape index (κ2) is 11.4. The van der Waals surface area contributed by atoms with E-state index < -0.39 is 18.5 Å². The first-order chi connectivity index (χ1) is 14.0. The van der Waals surface area contributed by atoms with Crippen molar-refractivity contribution in [2.75, 3.05) is 19.8 Å². The van der Waals surface area contributed by atoms with Gasteiger partial charge in [0.1, 0.15) is 0 Å². The summed E-state index contributed by atoms with van der Waals surface area (Å²) in [7, 11) is 0. The van der Waals surface area contributed by atoms with Gasteiger partial charge in [0.05, 0.1) is 12.2 Å². The Morgan fingerprint density at radius 2 is 1.52 bits per heavy atom. The zero-order chi connectivity index (χ0) is 21.1. The van der Waals surface area contributed by atoms with Gasteiger partial charge in [-0.05, 0) is 19.4 Å². The van der Waals surface area contributed by atoms with Crippen LogP contribution in [0.1, 0.15) is 46.0 Å². The SMILES string of the molecule is CCOC(=O)CCCNC(=O)COC(=O)c1ccccc1C(=O)c1ccccc1. The quantitative estimate of drug-likeness (QED) is 0.376. The Labute approximate surface area is 169 Å². The van der Waals surface area contributed by atoms with Crippen molar-refractivity contribution in [1.29, 1.82) is 0 Å². The van der Waals surface area contributed by atoms with E-state index in [1.165, 1.54) is 6.07 Å². The number of benzene rings is 2. The number of carbonyl (C=O) groups excluding carboxylic acids is 4. The molecule has 0 fully saturated rings. The first-order valence-electron chi connectivity index (χ1n) is 9.31. The van der Waals surface area contributed by atoms with Gasteiger partial charge in [0.25, 0.3) is 5.91 Å². The minimum Gasteiger partial charge on any atom is -0.466 e. The fourth-order valence-corrected chi connectivity index (χ4v) is 2.56. The molecule has 2 rings (SSSR count). The highest BCUT2D eigenvalue weighted by Crippen LogP contribution is 2.15. The number of amides is 1. The molecule has 0 spiro atoms. The molecule has 0 atom stereocenters. The summed E-state index contributed by atoms with van der Waals surface area (Å²) in [5.74, 6) is -1.88. The summed E-state index contributed by atoms with van der Waals surface area (Å²) in [4.78, 5) is 48.1. The molecule has 152 valence electrons. The van der Waals surface area contributed by atoms with Gasteiger partial charge in [-0.3, -0.25) is 14.4 Å². The molecule has 2 aromatic rings. The molecule has 1 amide bonds. The van der Waals surface area contributed by atoms with E-state index in [9.17, 15) is 19.2 Å². The van der Waals surface area contributed by atoms with Crippen molar-refractivity contribution in [1.82, 2.24) is 5.32 Å². The highest BCUT2D eigenvalue weighted by molar-refractivity contribution is 6.14. The Bertz CT molecular complexity index is 863. The normalized spacial score (nSPS) is 10.1. The Morgan fingerprint density at radius 1 is 0.862 bits per heavy atom. The van der Waals surface area contributed by atoms with Crippen molar-refractivity contribution in [2.45, 2.75) is 19.8 Å². The summed E-state index contributed by atoms with van der Waals surface area (Å²) >= 11 is 0. The van der Waals surface area contributed by atoms with Gasteiger partial charge in [0.2, 0.25) is 0 Å². The molecule has 0 aliphatic carbocycles. The van der Waals surface area contributed by atoms with E-state index in [0.717, 1.165) is 0 Å². The maximum absolute atomic E-state index is 12.7. The highest BCUT2D eigenvalue weighted by Gasteiger charge is 2.19. The van der Waals surface area contributed by atoms with Crippen LogP contribution < -0.4 is 5.32 Å². The molecule has 0 heterocycles. The number of ketones is 1. The molecular formula is C22H23NO6. The average molecular weight is 397 g/mol. The number of carbonyl (C=O) groups is 4. The maximum Gasteiger partial charge on any atom is 0.339 e. The van der Waals surface area contributed by atoms with E-state index in [1.807, 2.05) is 0 Å². The lowest BCUT2D eigenvalue weighted by molar-refractivity contribution is -0.143. The molecule has 0 aliphatic heterocycles. The average Bonchev–Trinajstić information content (AvgIpc) is 2.75. The highest BCUT2D eigenvalue weighted by atomic mass is 16.5. The monoisotopic (exact) mass is 397 g/mol. The van der Waals surface area contributed by atoms with Crippen molar-refractivity contribution in [2.24, 2.45) is 0 Å². The van der Waals surface area contributed by atoms with Crippen LogP contribution >= 0.6 is 0 Å². The van der Waals surface area contributed by atoms with Crippen LogP contribution in [-0.2, 0) is 19.1 Å². The first kappa shape index (κ1) is 21.8. The van der Waals surface area contributed by atoms with Crippen LogP contribution in [0.4, 0.5) is 0 Å². The largest absolute Gasteiger partial charge is 0.466 e. The molecule has 0 unspecified atom stereocenters. The number of hydrogen-bond donors (Lipinski definition) is 1. The second-order valence-electron chi connectivity index (χ2n) is 6.08. The second-order valence-corrected chi connectivity index (χ2v) is 6.08. The van der Waals surface area contributed by atoms with E-state index in [-0.39, 0.29) is 35.8 Å². The van der Waals surface area contributed by atoms with Crippen molar-refractivity contribution < 1.29 is 28.7 Å². The smallest absolute Gasteiger partial charge is 0.339 e. The molecule has 0 radical (unpaired) electrons. The molecule has 1 N–H and O–H groups in total. The molecule has 7 nitrogen and oxygen atoms in total. The molecule has 29 heavy (non-hydrogen) atoms. The van der Waals surface area contributed by atoms with Gasteiger partial charge in [-0.1, -0.05) is 48.5 Å². The molecular weight excluding hydrogens is 374 g/mol. The van der Waals surface area contributed by atoms with Crippen molar-refractivity contribution in [3.05, 3.63) is 71.3 Å². The molecule has 0 aromatic heterocycles. The van der Waals surface area contributed by atoms with Crippen molar-refractivity contribution in [3.8, 4) is 0 Å². The Hall–Kier alpha value is -3.48. The third kappa shape index (κ3) is 6.88. The zero-order valence-electron chi connectivity index (χ0n) is 16.2. The van der Waals surface area contributed by atoms with E-state index in [4.69, 9.17) is 9.47 Å². The topological polar surface area (TPSA) is 98.8 Å². The van der Waals surface area contributed by atoms with Gasteiger partial charge in [-0.2, -0.15) is 0 Å². The van der Waals surface area contributed by atoms with Crippen LogP contribution in [-0.4, -0.2) is 43.4 Å². The zero-order valence-corrected chi connectivity index (χ0v) is 16.2. The predicted octanol–water partition coefficient (Wildman–Crippen LogP) is 2.53. The predicted molar refractivity (Wildman–Crippen MR) is 105 cm³/mol. The first-order valence-corrected chi connectivity index (χ1v) is 9.31. The van der Waals surface area contributed by atoms with Crippen molar-refractivity contribution in [3.63, 3.8) is 0 Å². The van der Waals surface area contributed by atoms with Crippen LogP contribution in [0, 0.1) is 0 Å². The minimum absolute atomic E-state index is 0.0939. The number of nitrogens with one attached hydrogen (secondary N) is 1. The molecule has 0 saturated heterocycles. The minimum atomic E-state index is -0.758. The van der Waals surface area contributed by atoms with E-state index in [0.29, 0.717) is 18.6 Å². The summed E-state index contributed by atoms with van der Waals surface area (Å²) in [6.45, 7) is 1.82. The molecule has 0 aliphatic rings. The third-order valence-corrected chi connectivity index (χ3v) is 3.95. The summed E-state index contributed by atoms with van der Waals surface area (Å²) in [5, 5.41) is 2.56. The van der Waals surface area contributed by atoms with Crippen LogP contribution in [0.5, 0.6) is 0 Å². The van der Waals surface area contributed by atoms with Gasteiger partial charge in [0.15, 0.2) is 12.4 Å². The molecule has 2 aromatic carbocycles.